The molecule has 0 radical (unpaired) electrons. The van der Waals surface area contributed by atoms with Crippen LogP contribution in [0, 0.1) is 18.2 Å². The van der Waals surface area contributed by atoms with Crippen LogP contribution in [-0.2, 0) is 6.54 Å². The van der Waals surface area contributed by atoms with Crippen LogP contribution in [0.15, 0.2) is 42.5 Å². The Kier molecular flexibility index (Phi) is 2.40. The van der Waals surface area contributed by atoms with Crippen molar-refractivity contribution in [1.82, 2.24) is 0 Å². The first-order valence-corrected chi connectivity index (χ1v) is 5.88. The zero-order chi connectivity index (χ0) is 12.7. The second kappa shape index (κ2) is 3.95. The molecule has 0 atom stereocenters. The lowest BCUT2D eigenvalue weighted by atomic mass is 10.1. The third-order valence-corrected chi connectivity index (χ3v) is 3.40. The SMILES string of the molecule is Cc1c(F)cccc1N1Cc2ccccc2C1=N. The number of rotatable bonds is 1. The number of benzene rings is 2. The average Bonchev–Trinajstić information content (AvgIpc) is 2.71. The molecule has 1 heterocycles. The molecular formula is C15H13FN2. The quantitative estimate of drug-likeness (QED) is 0.811. The lowest BCUT2D eigenvalue weighted by molar-refractivity contribution is 0.618. The van der Waals surface area contributed by atoms with Gasteiger partial charge in [-0.2, -0.15) is 0 Å². The largest absolute Gasteiger partial charge is 0.322 e. The van der Waals surface area contributed by atoms with E-state index in [1.54, 1.807) is 13.0 Å². The molecule has 0 unspecified atom stereocenters. The van der Waals surface area contributed by atoms with E-state index in [4.69, 9.17) is 5.41 Å². The fourth-order valence-electron chi connectivity index (χ4n) is 2.38. The smallest absolute Gasteiger partial charge is 0.133 e. The van der Waals surface area contributed by atoms with Crippen LogP contribution >= 0.6 is 0 Å². The first-order chi connectivity index (χ1) is 8.68. The predicted molar refractivity (Wildman–Crippen MR) is 70.6 cm³/mol. The van der Waals surface area contributed by atoms with Gasteiger partial charge in [0.2, 0.25) is 0 Å². The summed E-state index contributed by atoms with van der Waals surface area (Å²) in [6.07, 6.45) is 0. The molecule has 90 valence electrons. The van der Waals surface area contributed by atoms with Crippen LogP contribution in [0.4, 0.5) is 10.1 Å². The zero-order valence-electron chi connectivity index (χ0n) is 10.1. The Hall–Kier alpha value is -2.16. The van der Waals surface area contributed by atoms with Gasteiger partial charge in [-0.3, -0.25) is 5.41 Å². The first-order valence-electron chi connectivity index (χ1n) is 5.88. The van der Waals surface area contributed by atoms with Crippen LogP contribution in [0.25, 0.3) is 0 Å². The molecule has 1 aliphatic rings. The maximum atomic E-state index is 13.6. The lowest BCUT2D eigenvalue weighted by Gasteiger charge is -2.20. The molecule has 2 aromatic carbocycles. The Labute approximate surface area is 105 Å². The summed E-state index contributed by atoms with van der Waals surface area (Å²) in [5, 5.41) is 8.20. The lowest BCUT2D eigenvalue weighted by Crippen LogP contribution is -2.24. The van der Waals surface area contributed by atoms with Gasteiger partial charge in [-0.1, -0.05) is 30.3 Å². The van der Waals surface area contributed by atoms with Crippen LogP contribution in [-0.4, -0.2) is 5.84 Å². The summed E-state index contributed by atoms with van der Waals surface area (Å²) in [6, 6.07) is 12.8. The van der Waals surface area contributed by atoms with E-state index >= 15 is 0 Å². The van der Waals surface area contributed by atoms with Crippen molar-refractivity contribution in [3.63, 3.8) is 0 Å². The second-order valence-corrected chi connectivity index (χ2v) is 4.48. The minimum absolute atomic E-state index is 0.226. The Morgan fingerprint density at radius 3 is 2.67 bits per heavy atom. The number of nitrogens with zero attached hydrogens (tertiary/aromatic N) is 1. The molecule has 3 rings (SSSR count). The Morgan fingerprint density at radius 1 is 1.11 bits per heavy atom. The summed E-state index contributed by atoms with van der Waals surface area (Å²) < 4.78 is 13.6. The van der Waals surface area contributed by atoms with E-state index in [0.29, 0.717) is 17.9 Å². The van der Waals surface area contributed by atoms with Gasteiger partial charge in [0.25, 0.3) is 0 Å². The summed E-state index contributed by atoms with van der Waals surface area (Å²) in [5.74, 6) is 0.218. The highest BCUT2D eigenvalue weighted by molar-refractivity contribution is 6.11. The van der Waals surface area contributed by atoms with Crippen molar-refractivity contribution in [1.29, 1.82) is 5.41 Å². The van der Waals surface area contributed by atoms with Gasteiger partial charge in [-0.15, -0.1) is 0 Å². The summed E-state index contributed by atoms with van der Waals surface area (Å²) in [7, 11) is 0. The maximum absolute atomic E-state index is 13.6. The van der Waals surface area contributed by atoms with Crippen molar-refractivity contribution < 1.29 is 4.39 Å². The summed E-state index contributed by atoms with van der Waals surface area (Å²) >= 11 is 0. The predicted octanol–water partition coefficient (Wildman–Crippen LogP) is 3.48. The van der Waals surface area contributed by atoms with Gasteiger partial charge in [0.15, 0.2) is 0 Å². The van der Waals surface area contributed by atoms with E-state index in [1.165, 1.54) is 6.07 Å². The van der Waals surface area contributed by atoms with E-state index in [-0.39, 0.29) is 5.82 Å². The van der Waals surface area contributed by atoms with E-state index < -0.39 is 0 Å². The standard InChI is InChI=1S/C15H13FN2/c1-10-13(16)7-4-8-14(10)18-9-11-5-2-3-6-12(11)15(18)17/h2-8,17H,9H2,1H3. The van der Waals surface area contributed by atoms with Crippen molar-refractivity contribution >= 4 is 11.5 Å². The van der Waals surface area contributed by atoms with Crippen molar-refractivity contribution in [2.24, 2.45) is 0 Å². The molecule has 0 saturated carbocycles. The van der Waals surface area contributed by atoms with E-state index in [2.05, 4.69) is 0 Å². The summed E-state index contributed by atoms with van der Waals surface area (Å²) in [6.45, 7) is 2.39. The summed E-state index contributed by atoms with van der Waals surface area (Å²) in [5.41, 5.74) is 3.42. The van der Waals surface area contributed by atoms with E-state index in [0.717, 1.165) is 16.8 Å². The Balaban J connectivity index is 2.07. The molecule has 0 spiro atoms. The molecule has 3 heteroatoms. The molecule has 0 fully saturated rings. The molecular weight excluding hydrogens is 227 g/mol. The van der Waals surface area contributed by atoms with Crippen molar-refractivity contribution in [2.75, 3.05) is 4.90 Å². The number of hydrogen-bond donors (Lipinski definition) is 1. The normalized spacial score (nSPS) is 13.9. The molecule has 0 aliphatic carbocycles. The van der Waals surface area contributed by atoms with Crippen molar-refractivity contribution in [2.45, 2.75) is 13.5 Å². The molecule has 2 aromatic rings. The van der Waals surface area contributed by atoms with Gasteiger partial charge in [-0.05, 0) is 24.6 Å². The number of fused-ring (bicyclic) bond motifs is 1. The highest BCUT2D eigenvalue weighted by Gasteiger charge is 2.26. The Bertz CT molecular complexity index is 634. The monoisotopic (exact) mass is 240 g/mol. The minimum Gasteiger partial charge on any atom is -0.322 e. The number of nitrogens with one attached hydrogen (secondary N) is 1. The molecule has 18 heavy (non-hydrogen) atoms. The molecule has 0 bridgehead atoms. The van der Waals surface area contributed by atoms with Crippen molar-refractivity contribution in [3.8, 4) is 0 Å². The number of amidine groups is 1. The molecule has 1 aliphatic heterocycles. The zero-order valence-corrected chi connectivity index (χ0v) is 10.1. The molecule has 0 saturated heterocycles. The number of halogens is 1. The molecule has 0 amide bonds. The highest BCUT2D eigenvalue weighted by atomic mass is 19.1. The van der Waals surface area contributed by atoms with Gasteiger partial charge >= 0.3 is 0 Å². The van der Waals surface area contributed by atoms with Gasteiger partial charge in [0.1, 0.15) is 11.7 Å². The first kappa shape index (κ1) is 11.0. The Morgan fingerprint density at radius 2 is 1.89 bits per heavy atom. The van der Waals surface area contributed by atoms with E-state index in [9.17, 15) is 4.39 Å². The van der Waals surface area contributed by atoms with Gasteiger partial charge in [0, 0.05) is 16.8 Å². The van der Waals surface area contributed by atoms with Crippen molar-refractivity contribution in [3.05, 3.63) is 65.0 Å². The highest BCUT2D eigenvalue weighted by Crippen LogP contribution is 2.31. The molecule has 0 aromatic heterocycles. The molecule has 1 N–H and O–H groups in total. The van der Waals surface area contributed by atoms with Crippen LogP contribution in [0.3, 0.4) is 0 Å². The number of anilines is 1. The molecule has 2 nitrogen and oxygen atoms in total. The maximum Gasteiger partial charge on any atom is 0.133 e. The van der Waals surface area contributed by atoms with Gasteiger partial charge < -0.3 is 4.90 Å². The fourth-order valence-corrected chi connectivity index (χ4v) is 2.38. The number of hydrogen-bond acceptors (Lipinski definition) is 1. The van der Waals surface area contributed by atoms with E-state index in [1.807, 2.05) is 35.2 Å². The van der Waals surface area contributed by atoms with Gasteiger partial charge in [-0.25, -0.2) is 4.39 Å². The minimum atomic E-state index is -0.226. The van der Waals surface area contributed by atoms with Crippen LogP contribution in [0.5, 0.6) is 0 Å². The van der Waals surface area contributed by atoms with Gasteiger partial charge in [0.05, 0.1) is 6.54 Å². The third kappa shape index (κ3) is 1.51. The summed E-state index contributed by atoms with van der Waals surface area (Å²) in [4.78, 5) is 1.85. The third-order valence-electron chi connectivity index (χ3n) is 3.40. The topological polar surface area (TPSA) is 27.1 Å². The van der Waals surface area contributed by atoms with Crippen LogP contribution < -0.4 is 4.90 Å². The fraction of sp³-hybridized carbons (Fsp3) is 0.133. The van der Waals surface area contributed by atoms with Crippen LogP contribution in [0.2, 0.25) is 0 Å². The second-order valence-electron chi connectivity index (χ2n) is 4.48. The van der Waals surface area contributed by atoms with Crippen LogP contribution in [0.1, 0.15) is 16.7 Å². The average molecular weight is 240 g/mol.